The lowest BCUT2D eigenvalue weighted by Crippen LogP contribution is -2.67. The monoisotopic (exact) mass is 646 g/mol. The van der Waals surface area contributed by atoms with Crippen LogP contribution in [0.3, 0.4) is 0 Å². The third kappa shape index (κ3) is 9.84. The van der Waals surface area contributed by atoms with E-state index in [1.807, 2.05) is 54.6 Å². The number of carbonyl (C=O) groups is 2. The fraction of sp³-hybridized carbons (Fsp3) is 0.351. The lowest BCUT2D eigenvalue weighted by Gasteiger charge is -2.48. The van der Waals surface area contributed by atoms with Crippen molar-refractivity contribution in [3.63, 3.8) is 0 Å². The fourth-order valence-electron chi connectivity index (χ4n) is 5.32. The van der Waals surface area contributed by atoms with Gasteiger partial charge in [-0.05, 0) is 23.3 Å². The highest BCUT2D eigenvalue weighted by atomic mass is 16.6. The molecule has 1 saturated carbocycles. The molecule has 250 valence electrons. The van der Waals surface area contributed by atoms with Gasteiger partial charge in [0.15, 0.2) is 6.10 Å². The Morgan fingerprint density at radius 1 is 0.723 bits per heavy atom. The Balaban J connectivity index is 1.71. The number of hydrogen-bond donors (Lipinski definition) is 1. The normalized spacial score (nSPS) is 22.9. The number of rotatable bonds is 17. The predicted octanol–water partition coefficient (Wildman–Crippen LogP) is 4.90. The van der Waals surface area contributed by atoms with Crippen molar-refractivity contribution in [1.29, 1.82) is 0 Å². The third-order valence-corrected chi connectivity index (χ3v) is 7.52. The molecule has 0 bridgehead atoms. The first-order valence-electron chi connectivity index (χ1n) is 15.3. The molecule has 1 fully saturated rings. The summed E-state index contributed by atoms with van der Waals surface area (Å²) >= 11 is 0. The van der Waals surface area contributed by atoms with Gasteiger partial charge >= 0.3 is 11.9 Å². The lowest BCUT2D eigenvalue weighted by atomic mass is 9.83. The summed E-state index contributed by atoms with van der Waals surface area (Å²) in [5.74, 6) is -0.879. The van der Waals surface area contributed by atoms with Gasteiger partial charge in [-0.25, -0.2) is 4.79 Å². The van der Waals surface area contributed by atoms with Crippen LogP contribution in [0.1, 0.15) is 29.7 Å². The zero-order valence-electron chi connectivity index (χ0n) is 26.6. The van der Waals surface area contributed by atoms with E-state index in [1.165, 1.54) is 6.92 Å². The molecule has 7 atom stereocenters. The number of hydrogen-bond acceptors (Lipinski definition) is 10. The van der Waals surface area contributed by atoms with Crippen LogP contribution in [-0.4, -0.2) is 74.0 Å². The molecular weight excluding hydrogens is 604 g/mol. The van der Waals surface area contributed by atoms with Gasteiger partial charge in [0.1, 0.15) is 36.3 Å². The zero-order chi connectivity index (χ0) is 33.6. The molecule has 0 heterocycles. The summed E-state index contributed by atoms with van der Waals surface area (Å²) in [6.07, 6.45) is -4.96. The number of esters is 2. The molecular formula is C37H42O10. The minimum absolute atomic E-state index is 0.0477. The lowest BCUT2D eigenvalue weighted by molar-refractivity contribution is -0.272. The third-order valence-electron chi connectivity index (χ3n) is 7.52. The Morgan fingerprint density at radius 3 is 1.79 bits per heavy atom. The van der Waals surface area contributed by atoms with Crippen LogP contribution in [0.4, 0.5) is 0 Å². The molecule has 0 saturated heterocycles. The second-order valence-corrected chi connectivity index (χ2v) is 10.9. The van der Waals surface area contributed by atoms with Crippen LogP contribution in [-0.2, 0) is 51.2 Å². The summed E-state index contributed by atoms with van der Waals surface area (Å²) in [6, 6.07) is 25.4. The Kier molecular flexibility index (Phi) is 13.7. The minimum atomic E-state index is -1.44. The molecule has 1 aliphatic carbocycles. The second kappa shape index (κ2) is 18.1. The summed E-state index contributed by atoms with van der Waals surface area (Å²) in [6.45, 7) is 9.12. The molecule has 0 aliphatic heterocycles. The smallest absolute Gasteiger partial charge is 0.352 e. The number of methoxy groups -OCH3 is 1. The van der Waals surface area contributed by atoms with Crippen molar-refractivity contribution in [3.8, 4) is 5.75 Å². The topological polar surface area (TPSA) is 119 Å². The van der Waals surface area contributed by atoms with E-state index in [4.69, 9.17) is 33.2 Å². The summed E-state index contributed by atoms with van der Waals surface area (Å²) in [4.78, 5) is 25.8. The van der Waals surface area contributed by atoms with Crippen molar-refractivity contribution in [2.24, 2.45) is 0 Å². The minimum Gasteiger partial charge on any atom is -0.497 e. The Hall–Kier alpha value is -4.32. The Morgan fingerprint density at radius 2 is 1.23 bits per heavy atom. The van der Waals surface area contributed by atoms with Crippen molar-refractivity contribution < 1.29 is 47.9 Å². The van der Waals surface area contributed by atoms with Crippen molar-refractivity contribution in [2.75, 3.05) is 20.3 Å². The molecule has 0 amide bonds. The maximum atomic E-state index is 13.7. The van der Waals surface area contributed by atoms with Crippen LogP contribution in [0.25, 0.3) is 0 Å². The molecule has 0 unspecified atom stereocenters. The number of carbonyl (C=O) groups excluding carboxylic acids is 2. The molecule has 10 heteroatoms. The van der Waals surface area contributed by atoms with Crippen LogP contribution >= 0.6 is 0 Å². The van der Waals surface area contributed by atoms with Crippen LogP contribution in [0, 0.1) is 0 Å². The van der Waals surface area contributed by atoms with E-state index in [9.17, 15) is 14.7 Å². The molecule has 1 N–H and O–H groups in total. The average molecular weight is 647 g/mol. The van der Waals surface area contributed by atoms with E-state index in [0.717, 1.165) is 11.1 Å². The number of ether oxygens (including phenoxy) is 7. The van der Waals surface area contributed by atoms with Gasteiger partial charge in [0.2, 0.25) is 6.10 Å². The van der Waals surface area contributed by atoms with Gasteiger partial charge < -0.3 is 38.3 Å². The molecule has 0 spiro atoms. The number of benzene rings is 3. The summed E-state index contributed by atoms with van der Waals surface area (Å²) in [5, 5.41) is 11.8. The second-order valence-electron chi connectivity index (χ2n) is 10.9. The highest BCUT2D eigenvalue weighted by Crippen LogP contribution is 2.35. The van der Waals surface area contributed by atoms with Crippen molar-refractivity contribution >= 4 is 11.9 Å². The molecule has 10 nitrogen and oxygen atoms in total. The van der Waals surface area contributed by atoms with Gasteiger partial charge in [-0.3, -0.25) is 4.79 Å². The van der Waals surface area contributed by atoms with E-state index in [1.54, 1.807) is 49.6 Å². The van der Waals surface area contributed by atoms with E-state index in [0.29, 0.717) is 11.3 Å². The zero-order valence-corrected chi connectivity index (χ0v) is 26.6. The van der Waals surface area contributed by atoms with Gasteiger partial charge in [-0.2, -0.15) is 0 Å². The van der Waals surface area contributed by atoms with E-state index in [2.05, 4.69) is 13.2 Å². The maximum absolute atomic E-state index is 13.7. The molecule has 4 rings (SSSR count). The number of aliphatic hydroxyl groups is 1. The van der Waals surface area contributed by atoms with Crippen molar-refractivity contribution in [2.45, 2.75) is 62.9 Å². The Labute approximate surface area is 275 Å². The first-order chi connectivity index (χ1) is 22.9. The van der Waals surface area contributed by atoms with Crippen molar-refractivity contribution in [3.05, 3.63) is 127 Å². The van der Waals surface area contributed by atoms with Crippen molar-refractivity contribution in [1.82, 2.24) is 0 Å². The number of aliphatic hydroxyl groups excluding tert-OH is 1. The predicted molar refractivity (Wildman–Crippen MR) is 173 cm³/mol. The fourth-order valence-corrected chi connectivity index (χ4v) is 5.32. The van der Waals surface area contributed by atoms with E-state index < -0.39 is 54.7 Å². The summed E-state index contributed by atoms with van der Waals surface area (Å²) < 4.78 is 41.9. The highest BCUT2D eigenvalue weighted by molar-refractivity contribution is 5.80. The Bertz CT molecular complexity index is 1410. The first-order valence-corrected chi connectivity index (χ1v) is 15.3. The van der Waals surface area contributed by atoms with Gasteiger partial charge in [0.25, 0.3) is 0 Å². The van der Waals surface area contributed by atoms with E-state index in [-0.39, 0.29) is 26.4 Å². The SMILES string of the molecule is C=CCO[C@H]1[C@H](OCc2ccccc2)[C@@H](OCc2ccc(OC)cc2)[C@H](OCC=C)[C@H](O)[C@@H]1OC(=O)[C@@H](OC(C)=O)c1ccccc1. The molecule has 47 heavy (non-hydrogen) atoms. The molecule has 0 aromatic heterocycles. The quantitative estimate of drug-likeness (QED) is 0.160. The highest BCUT2D eigenvalue weighted by Gasteiger charge is 2.55. The molecule has 0 radical (unpaired) electrons. The molecule has 1 aliphatic rings. The van der Waals surface area contributed by atoms with Gasteiger partial charge in [-0.1, -0.05) is 84.9 Å². The summed E-state index contributed by atoms with van der Waals surface area (Å²) in [5.41, 5.74) is 2.12. The van der Waals surface area contributed by atoms with Gasteiger partial charge in [0, 0.05) is 12.5 Å². The van der Waals surface area contributed by atoms with E-state index >= 15 is 0 Å². The average Bonchev–Trinajstić information content (AvgIpc) is 3.09. The first kappa shape index (κ1) is 35.5. The van der Waals surface area contributed by atoms with Crippen LogP contribution in [0.15, 0.2) is 110 Å². The maximum Gasteiger partial charge on any atom is 0.352 e. The molecule has 3 aromatic rings. The van der Waals surface area contributed by atoms with Gasteiger partial charge in [-0.15, -0.1) is 13.2 Å². The van der Waals surface area contributed by atoms with Crippen LogP contribution < -0.4 is 4.74 Å². The van der Waals surface area contributed by atoms with Gasteiger partial charge in [0.05, 0.1) is 33.5 Å². The largest absolute Gasteiger partial charge is 0.497 e. The summed E-state index contributed by atoms with van der Waals surface area (Å²) in [7, 11) is 1.59. The molecule has 3 aromatic carbocycles. The van der Waals surface area contributed by atoms with Crippen LogP contribution in [0.5, 0.6) is 5.75 Å². The standard InChI is InChI=1S/C37H42O10/c1-5-21-42-32-30(39)33(47-37(40)31(46-25(3)38)28-15-11-8-12-16-28)35(43-22-6-2)36(45-23-26-13-9-7-10-14-26)34(32)44-24-27-17-19-29(41-4)20-18-27/h5-20,30-36,39H,1-2,21-24H2,3-4H3/t30-,31-,32+,33-,34-,35+,36+/m0/s1. The van der Waals surface area contributed by atoms with Crippen LogP contribution in [0.2, 0.25) is 0 Å².